The number of hydrogen-bond donors (Lipinski definition) is 1. The first-order chi connectivity index (χ1) is 16.1. The molecular formula is C25H20FN5O2. The van der Waals surface area contributed by atoms with Crippen LogP contribution in [0.3, 0.4) is 0 Å². The molecule has 1 aliphatic heterocycles. The van der Waals surface area contributed by atoms with Crippen molar-refractivity contribution in [2.45, 2.75) is 19.4 Å². The highest BCUT2D eigenvalue weighted by Gasteiger charge is 2.32. The lowest BCUT2D eigenvalue weighted by atomic mass is 10.0. The Bertz CT molecular complexity index is 1400. The number of fused-ring (bicyclic) bond motifs is 1. The van der Waals surface area contributed by atoms with Crippen LogP contribution in [0.25, 0.3) is 5.65 Å². The Morgan fingerprint density at radius 1 is 1.18 bits per heavy atom. The topological polar surface area (TPSA) is 71.8 Å². The average Bonchev–Trinajstić information content (AvgIpc) is 3.47. The minimum atomic E-state index is -0.421. The molecule has 0 spiro atoms. The van der Waals surface area contributed by atoms with Gasteiger partial charge in [-0.25, -0.2) is 18.7 Å². The number of rotatable bonds is 2. The predicted molar refractivity (Wildman–Crippen MR) is 121 cm³/mol. The number of carbonyl (C=O) groups is 1. The first-order valence-corrected chi connectivity index (χ1v) is 10.5. The summed E-state index contributed by atoms with van der Waals surface area (Å²) in [6.07, 6.45) is 3.95. The fourth-order valence-corrected chi connectivity index (χ4v) is 3.74. The van der Waals surface area contributed by atoms with Crippen LogP contribution in [0.1, 0.15) is 34.8 Å². The summed E-state index contributed by atoms with van der Waals surface area (Å²) in [7, 11) is 0. The molecule has 2 aromatic carbocycles. The van der Waals surface area contributed by atoms with Crippen LogP contribution in [-0.4, -0.2) is 32.3 Å². The number of carbonyl (C=O) groups excluding carboxylic acids is 1. The normalized spacial score (nSPS) is 15.3. The number of amides is 2. The van der Waals surface area contributed by atoms with Crippen molar-refractivity contribution in [2.24, 2.45) is 0 Å². The van der Waals surface area contributed by atoms with Crippen molar-refractivity contribution in [1.82, 2.24) is 19.7 Å². The smallest absolute Gasteiger partial charge is 0.306 e. The van der Waals surface area contributed by atoms with E-state index in [-0.39, 0.29) is 11.9 Å². The molecule has 0 aliphatic carbocycles. The van der Waals surface area contributed by atoms with Crippen molar-refractivity contribution in [3.8, 4) is 11.8 Å². The fourth-order valence-electron chi connectivity index (χ4n) is 3.74. The third-order valence-corrected chi connectivity index (χ3v) is 5.43. The molecular weight excluding hydrogens is 421 g/mol. The van der Waals surface area contributed by atoms with Crippen LogP contribution < -0.4 is 5.32 Å². The molecule has 3 heterocycles. The van der Waals surface area contributed by atoms with Gasteiger partial charge in [-0.05, 0) is 60.4 Å². The van der Waals surface area contributed by atoms with Crippen LogP contribution in [0, 0.1) is 24.6 Å². The second-order valence-electron chi connectivity index (χ2n) is 7.67. The standard InChI is InChI=1S/C25H20FN5O2/c1-17-7-9-21(15-18(17)8-10-22-16-27-24-6-3-12-28-30(22)24)29-25(32)31-23(11-13-33-31)19-4-2-5-20(26)14-19/h2-7,9,12,14-16,23H,11,13H2,1H3,(H,29,32)/t23-/m0/s1. The Hall–Kier alpha value is -4.22. The predicted octanol–water partition coefficient (Wildman–Crippen LogP) is 4.49. The Balaban J connectivity index is 1.36. The third kappa shape index (κ3) is 4.27. The molecule has 0 saturated carbocycles. The Kier molecular flexibility index (Phi) is 5.47. The molecule has 164 valence electrons. The number of hydrogen-bond acceptors (Lipinski definition) is 4. The SMILES string of the molecule is Cc1ccc(NC(=O)N2OCC[C@H]2c2cccc(F)c2)cc1C#Cc1cnc2cccnn12. The lowest BCUT2D eigenvalue weighted by Crippen LogP contribution is -2.33. The Morgan fingerprint density at radius 2 is 2.09 bits per heavy atom. The fraction of sp³-hybridized carbons (Fsp3) is 0.160. The number of halogens is 1. The van der Waals surface area contributed by atoms with Crippen molar-refractivity contribution in [3.63, 3.8) is 0 Å². The molecule has 1 saturated heterocycles. The van der Waals surface area contributed by atoms with Crippen LogP contribution in [0.15, 0.2) is 67.0 Å². The summed E-state index contributed by atoms with van der Waals surface area (Å²) >= 11 is 0. The van der Waals surface area contributed by atoms with Gasteiger partial charge in [0.05, 0.1) is 18.8 Å². The number of aromatic nitrogens is 3. The van der Waals surface area contributed by atoms with Gasteiger partial charge in [0.15, 0.2) is 5.65 Å². The molecule has 2 amide bonds. The van der Waals surface area contributed by atoms with Crippen LogP contribution in [0.5, 0.6) is 0 Å². The highest BCUT2D eigenvalue weighted by molar-refractivity contribution is 5.89. The van der Waals surface area contributed by atoms with Gasteiger partial charge in [-0.3, -0.25) is 4.84 Å². The minimum Gasteiger partial charge on any atom is -0.306 e. The highest BCUT2D eigenvalue weighted by atomic mass is 19.1. The summed E-state index contributed by atoms with van der Waals surface area (Å²) in [5, 5.41) is 8.39. The van der Waals surface area contributed by atoms with E-state index in [1.165, 1.54) is 17.2 Å². The molecule has 5 rings (SSSR count). The summed E-state index contributed by atoms with van der Waals surface area (Å²) in [5.41, 5.74) is 4.40. The molecule has 1 fully saturated rings. The van der Waals surface area contributed by atoms with Gasteiger partial charge in [0.25, 0.3) is 0 Å². The number of nitrogens with zero attached hydrogens (tertiary/aromatic N) is 4. The van der Waals surface area contributed by atoms with E-state index < -0.39 is 6.03 Å². The monoisotopic (exact) mass is 441 g/mol. The molecule has 0 bridgehead atoms. The van der Waals surface area contributed by atoms with Crippen molar-refractivity contribution in [3.05, 3.63) is 95.2 Å². The number of hydroxylamine groups is 2. The molecule has 7 nitrogen and oxygen atoms in total. The molecule has 4 aromatic rings. The largest absolute Gasteiger partial charge is 0.346 e. The number of benzene rings is 2. The zero-order valence-electron chi connectivity index (χ0n) is 17.8. The number of nitrogens with one attached hydrogen (secondary N) is 1. The van der Waals surface area contributed by atoms with E-state index in [1.807, 2.05) is 31.2 Å². The summed E-state index contributed by atoms with van der Waals surface area (Å²) in [5.74, 6) is 5.90. The molecule has 1 aliphatic rings. The van der Waals surface area contributed by atoms with Crippen LogP contribution in [0.4, 0.5) is 14.9 Å². The van der Waals surface area contributed by atoms with Gasteiger partial charge in [0.1, 0.15) is 11.5 Å². The zero-order valence-corrected chi connectivity index (χ0v) is 17.8. The van der Waals surface area contributed by atoms with E-state index in [0.29, 0.717) is 30.0 Å². The molecule has 0 unspecified atom stereocenters. The van der Waals surface area contributed by atoms with E-state index >= 15 is 0 Å². The van der Waals surface area contributed by atoms with E-state index in [1.54, 1.807) is 35.1 Å². The van der Waals surface area contributed by atoms with Crippen molar-refractivity contribution in [2.75, 3.05) is 11.9 Å². The van der Waals surface area contributed by atoms with Crippen LogP contribution in [0.2, 0.25) is 0 Å². The first kappa shape index (κ1) is 20.7. The van der Waals surface area contributed by atoms with E-state index in [2.05, 4.69) is 27.2 Å². The molecule has 8 heteroatoms. The molecule has 1 N–H and O–H groups in total. The van der Waals surface area contributed by atoms with Gasteiger partial charge in [0, 0.05) is 23.9 Å². The summed E-state index contributed by atoms with van der Waals surface area (Å²) < 4.78 is 15.3. The lowest BCUT2D eigenvalue weighted by Gasteiger charge is -2.23. The summed E-state index contributed by atoms with van der Waals surface area (Å²) in [6.45, 7) is 2.33. The third-order valence-electron chi connectivity index (χ3n) is 5.43. The quantitative estimate of drug-likeness (QED) is 0.466. The molecule has 1 atom stereocenters. The van der Waals surface area contributed by atoms with Gasteiger partial charge in [-0.2, -0.15) is 10.2 Å². The second-order valence-corrected chi connectivity index (χ2v) is 7.67. The van der Waals surface area contributed by atoms with Gasteiger partial charge in [-0.15, -0.1) is 0 Å². The van der Waals surface area contributed by atoms with Crippen molar-refractivity contribution >= 4 is 17.4 Å². The van der Waals surface area contributed by atoms with Gasteiger partial charge in [-0.1, -0.05) is 24.1 Å². The van der Waals surface area contributed by atoms with Crippen molar-refractivity contribution in [1.29, 1.82) is 0 Å². The maximum absolute atomic E-state index is 13.7. The van der Waals surface area contributed by atoms with Crippen molar-refractivity contribution < 1.29 is 14.0 Å². The Morgan fingerprint density at radius 3 is 2.97 bits per heavy atom. The maximum Gasteiger partial charge on any atom is 0.346 e. The van der Waals surface area contributed by atoms with Gasteiger partial charge < -0.3 is 5.32 Å². The number of anilines is 1. The van der Waals surface area contributed by atoms with E-state index in [4.69, 9.17) is 4.84 Å². The lowest BCUT2D eigenvalue weighted by molar-refractivity contribution is -0.0830. The molecule has 2 aromatic heterocycles. The van der Waals surface area contributed by atoms with Gasteiger partial charge >= 0.3 is 6.03 Å². The first-order valence-electron chi connectivity index (χ1n) is 10.5. The highest BCUT2D eigenvalue weighted by Crippen LogP contribution is 2.31. The van der Waals surface area contributed by atoms with Crippen LogP contribution >= 0.6 is 0 Å². The van der Waals surface area contributed by atoms with Gasteiger partial charge in [0.2, 0.25) is 0 Å². The second kappa shape index (κ2) is 8.73. The summed E-state index contributed by atoms with van der Waals surface area (Å²) in [6, 6.07) is 14.6. The zero-order chi connectivity index (χ0) is 22.8. The van der Waals surface area contributed by atoms with E-state index in [0.717, 1.165) is 16.8 Å². The number of urea groups is 1. The molecule has 0 radical (unpaired) electrons. The molecule has 33 heavy (non-hydrogen) atoms. The Labute approximate surface area is 189 Å². The van der Waals surface area contributed by atoms with E-state index in [9.17, 15) is 9.18 Å². The van der Waals surface area contributed by atoms with Crippen LogP contribution in [-0.2, 0) is 4.84 Å². The number of aryl methyl sites for hydroxylation is 1. The summed E-state index contributed by atoms with van der Waals surface area (Å²) in [4.78, 5) is 22.7. The number of imidazole rings is 1. The average molecular weight is 441 g/mol. The maximum atomic E-state index is 13.7. The minimum absolute atomic E-state index is 0.345.